The zero-order valence-electron chi connectivity index (χ0n) is 36.3. The summed E-state index contributed by atoms with van der Waals surface area (Å²) in [7, 11) is 0. The number of rotatable bonds is 22. The Labute approximate surface area is 385 Å². The SMILES string of the molecule is CC(=O)N[C@H]1[C@H](O[C@H]2[C@@H](O)[C@@H](CO)O[C@@H](O[C@@H]([C@H](O)[C@@H](O)CO)[C@H](O)CO)[C@@H]2O)O[C@H](CO)[C@@H](O)[C@@H]1O[C@@H]1O[C@H](CO[C@]2(C(=O)O)C[C@H](O)[C@@H](NC(C)=O)[C@H]([C@H](O)[C@H](O)CO)O2)[C@H](O)[C@H](O)[C@H]1O. The average Bonchev–Trinajstić information content (AvgIpc) is 3.30. The molecule has 0 radical (unpaired) electrons. The van der Waals surface area contributed by atoms with Crippen molar-refractivity contribution in [1.29, 1.82) is 0 Å². The molecule has 31 nitrogen and oxygen atoms in total. The molecule has 0 aliphatic carbocycles. The third-order valence-electron chi connectivity index (χ3n) is 11.7. The molecule has 0 aromatic heterocycles. The van der Waals surface area contributed by atoms with E-state index in [9.17, 15) is 106 Å². The van der Waals surface area contributed by atoms with Gasteiger partial charge in [-0.3, -0.25) is 9.59 Å². The van der Waals surface area contributed by atoms with Gasteiger partial charge in [-0.05, 0) is 0 Å². The standard InChI is InChI=1S/C37H64N2O29/c1-10(45)38-19-12(47)3-37(36(59)60,68-31(19)22(52)14(49)5-41)61-9-18-23(53)26(56)27(57)34(64-18)66-30-20(39-11(2)46)33(62-16(7-43)24(30)54)67-32-25(55)17(8-44)63-35(28(32)58)65-29(15(50)6-42)21(51)13(48)4-40/h12-35,40-44,47-58H,3-9H2,1-2H3,(H,38,45)(H,39,46)(H,59,60)/t12-,13-,14+,15+,16+,17+,18+,19+,20+,21+,22+,23-,24+,25-,26-,27+,28+,29+,30+,31+,32-,33-,34-,35-,37+/m0/s1. The van der Waals surface area contributed by atoms with Crippen molar-refractivity contribution in [3.8, 4) is 0 Å². The van der Waals surface area contributed by atoms with Crippen LogP contribution in [-0.2, 0) is 52.3 Å². The van der Waals surface area contributed by atoms with E-state index in [0.29, 0.717) is 0 Å². The number of hydrogen-bond acceptors (Lipinski definition) is 28. The van der Waals surface area contributed by atoms with Gasteiger partial charge in [0.1, 0.15) is 116 Å². The highest BCUT2D eigenvalue weighted by molar-refractivity contribution is 5.76. The van der Waals surface area contributed by atoms with Gasteiger partial charge in [0.15, 0.2) is 18.9 Å². The summed E-state index contributed by atoms with van der Waals surface area (Å²) in [5, 5.41) is 193. The molecule has 4 aliphatic heterocycles. The van der Waals surface area contributed by atoms with Crippen molar-refractivity contribution < 1.29 is 144 Å². The van der Waals surface area contributed by atoms with E-state index >= 15 is 0 Å². The Morgan fingerprint density at radius 2 is 1.13 bits per heavy atom. The van der Waals surface area contributed by atoms with Crippen LogP contribution in [0.4, 0.5) is 0 Å². The summed E-state index contributed by atoms with van der Waals surface area (Å²) >= 11 is 0. The van der Waals surface area contributed by atoms with E-state index in [0.717, 1.165) is 13.8 Å². The number of carboxylic acid groups (broad SMARTS) is 1. The minimum Gasteiger partial charge on any atom is -0.477 e. The molecule has 0 unspecified atom stereocenters. The number of aliphatic carboxylic acids is 1. The van der Waals surface area contributed by atoms with Gasteiger partial charge >= 0.3 is 5.97 Å². The fraction of sp³-hybridized carbons (Fsp3) is 0.919. The Hall–Kier alpha value is -2.59. The minimum atomic E-state index is -2.99. The smallest absolute Gasteiger partial charge is 0.364 e. The third kappa shape index (κ3) is 13.1. The Balaban J connectivity index is 1.63. The van der Waals surface area contributed by atoms with Crippen LogP contribution in [0, 0.1) is 0 Å². The van der Waals surface area contributed by atoms with Gasteiger partial charge in [-0.2, -0.15) is 0 Å². The van der Waals surface area contributed by atoms with Crippen molar-refractivity contribution in [3.05, 3.63) is 0 Å². The van der Waals surface area contributed by atoms with Crippen LogP contribution < -0.4 is 10.6 Å². The Bertz CT molecular complexity index is 1610. The lowest BCUT2D eigenvalue weighted by Gasteiger charge is -2.50. The van der Waals surface area contributed by atoms with Crippen molar-refractivity contribution in [2.45, 2.75) is 173 Å². The first-order chi connectivity index (χ1) is 31.9. The van der Waals surface area contributed by atoms with Gasteiger partial charge in [0, 0.05) is 20.3 Å². The van der Waals surface area contributed by atoms with Gasteiger partial charge in [0.2, 0.25) is 11.8 Å². The van der Waals surface area contributed by atoms with Crippen LogP contribution in [0.25, 0.3) is 0 Å². The van der Waals surface area contributed by atoms with Crippen molar-refractivity contribution >= 4 is 17.8 Å². The maximum atomic E-state index is 12.7. The molecule has 20 N–H and O–H groups in total. The van der Waals surface area contributed by atoms with Crippen molar-refractivity contribution in [1.82, 2.24) is 10.6 Å². The van der Waals surface area contributed by atoms with Crippen LogP contribution in [0.15, 0.2) is 0 Å². The van der Waals surface area contributed by atoms with Crippen molar-refractivity contribution in [3.63, 3.8) is 0 Å². The van der Waals surface area contributed by atoms with Gasteiger partial charge in [-0.1, -0.05) is 0 Å². The van der Waals surface area contributed by atoms with Crippen LogP contribution in [-0.4, -0.2) is 302 Å². The van der Waals surface area contributed by atoms with Gasteiger partial charge in [0.05, 0.1) is 51.8 Å². The van der Waals surface area contributed by atoms with Crippen molar-refractivity contribution in [2.24, 2.45) is 0 Å². The molecule has 4 fully saturated rings. The third-order valence-corrected chi connectivity index (χ3v) is 11.7. The summed E-state index contributed by atoms with van der Waals surface area (Å²) in [5.74, 6) is -6.66. The molecule has 25 atom stereocenters. The topological polar surface area (TPSA) is 513 Å². The zero-order valence-corrected chi connectivity index (χ0v) is 36.3. The summed E-state index contributed by atoms with van der Waals surface area (Å²) in [5.41, 5.74) is 0. The first kappa shape index (κ1) is 58.0. The van der Waals surface area contributed by atoms with E-state index in [1.807, 2.05) is 0 Å². The maximum Gasteiger partial charge on any atom is 0.364 e. The van der Waals surface area contributed by atoms with E-state index in [4.69, 9.17) is 37.9 Å². The Morgan fingerprint density at radius 1 is 0.618 bits per heavy atom. The lowest BCUT2D eigenvalue weighted by Crippen LogP contribution is -2.70. The molecule has 0 spiro atoms. The van der Waals surface area contributed by atoms with Gasteiger partial charge in [-0.15, -0.1) is 0 Å². The molecule has 2 amide bonds. The first-order valence-corrected chi connectivity index (χ1v) is 21.1. The van der Waals surface area contributed by atoms with E-state index in [2.05, 4.69) is 10.6 Å². The lowest BCUT2D eigenvalue weighted by molar-refractivity contribution is -0.374. The number of hydrogen-bond donors (Lipinski definition) is 20. The highest BCUT2D eigenvalue weighted by atomic mass is 16.8. The van der Waals surface area contributed by atoms with Gasteiger partial charge in [0.25, 0.3) is 5.79 Å². The molecular weight excluding hydrogens is 936 g/mol. The largest absolute Gasteiger partial charge is 0.477 e. The summed E-state index contributed by atoms with van der Waals surface area (Å²) in [4.78, 5) is 37.3. The fourth-order valence-electron chi connectivity index (χ4n) is 8.02. The molecule has 0 aromatic rings. The molecule has 4 aliphatic rings. The van der Waals surface area contributed by atoms with Gasteiger partial charge in [-0.25, -0.2) is 4.79 Å². The Morgan fingerprint density at radius 3 is 1.66 bits per heavy atom. The van der Waals surface area contributed by atoms with Crippen molar-refractivity contribution in [2.75, 3.05) is 39.6 Å². The summed E-state index contributed by atoms with van der Waals surface area (Å²) in [6, 6.07) is -3.43. The summed E-state index contributed by atoms with van der Waals surface area (Å²) in [6.45, 7) is -4.53. The van der Waals surface area contributed by atoms with E-state index in [1.165, 1.54) is 0 Å². The minimum absolute atomic E-state index is 0.787. The number of nitrogens with one attached hydrogen (secondary N) is 2. The molecule has 31 heteroatoms. The molecule has 0 saturated carbocycles. The molecular formula is C37H64N2O29. The maximum absolute atomic E-state index is 12.7. The van der Waals surface area contributed by atoms with Crippen LogP contribution in [0.2, 0.25) is 0 Å². The lowest BCUT2D eigenvalue weighted by atomic mass is 9.88. The molecule has 4 saturated heterocycles. The number of amides is 2. The molecule has 0 aromatic carbocycles. The van der Waals surface area contributed by atoms with E-state index in [1.54, 1.807) is 0 Å². The quantitative estimate of drug-likeness (QED) is 0.0479. The summed E-state index contributed by atoms with van der Waals surface area (Å²) in [6.07, 6.45) is -46.0. The number of ether oxygens (including phenoxy) is 8. The Kier molecular flexibility index (Phi) is 21.5. The molecule has 396 valence electrons. The zero-order chi connectivity index (χ0) is 51.1. The predicted molar refractivity (Wildman–Crippen MR) is 209 cm³/mol. The molecule has 68 heavy (non-hydrogen) atoms. The van der Waals surface area contributed by atoms with Crippen LogP contribution in [0.3, 0.4) is 0 Å². The van der Waals surface area contributed by atoms with E-state index < -0.39 is 217 Å². The van der Waals surface area contributed by atoms with Crippen LogP contribution in [0.5, 0.6) is 0 Å². The highest BCUT2D eigenvalue weighted by Crippen LogP contribution is 2.37. The van der Waals surface area contributed by atoms with Gasteiger partial charge < -0.3 is 140 Å². The normalized spacial score (nSPS) is 41.7. The van der Waals surface area contributed by atoms with Crippen LogP contribution in [0.1, 0.15) is 20.3 Å². The second kappa shape index (κ2) is 25.2. The van der Waals surface area contributed by atoms with Crippen LogP contribution >= 0.6 is 0 Å². The fourth-order valence-corrected chi connectivity index (χ4v) is 8.02. The molecule has 4 rings (SSSR count). The number of aliphatic hydroxyl groups excluding tert-OH is 17. The highest BCUT2D eigenvalue weighted by Gasteiger charge is 2.58. The first-order valence-electron chi connectivity index (χ1n) is 21.1. The second-order valence-electron chi connectivity index (χ2n) is 16.6. The average molecular weight is 1000 g/mol. The molecule has 4 heterocycles. The predicted octanol–water partition coefficient (Wildman–Crippen LogP) is -12.8. The summed E-state index contributed by atoms with van der Waals surface area (Å²) < 4.78 is 45.1. The number of carbonyl (C=O) groups excluding carboxylic acids is 2. The number of carboxylic acids is 1. The monoisotopic (exact) mass is 1000 g/mol. The number of carbonyl (C=O) groups is 3. The van der Waals surface area contributed by atoms with E-state index in [-0.39, 0.29) is 0 Å². The second-order valence-corrected chi connectivity index (χ2v) is 16.6. The molecule has 0 bridgehead atoms. The number of aliphatic hydroxyl groups is 17.